The Hall–Kier alpha value is -1.95. The van der Waals surface area contributed by atoms with Crippen molar-refractivity contribution in [3.8, 4) is 6.07 Å². The summed E-state index contributed by atoms with van der Waals surface area (Å²) in [6.45, 7) is 0. The van der Waals surface area contributed by atoms with Gasteiger partial charge in [-0.25, -0.2) is 0 Å². The molecule has 2 saturated heterocycles. The Balaban J connectivity index is 1.38. The van der Waals surface area contributed by atoms with Gasteiger partial charge in [-0.1, -0.05) is 23.1 Å². The van der Waals surface area contributed by atoms with Crippen molar-refractivity contribution in [2.45, 2.75) is 46.6 Å². The number of aromatic nitrogens is 2. The average Bonchev–Trinajstić information content (AvgIpc) is 3.32. The molecule has 2 aromatic rings. The maximum absolute atomic E-state index is 12.4. The van der Waals surface area contributed by atoms with Gasteiger partial charge in [0, 0.05) is 28.6 Å². The third-order valence-electron chi connectivity index (χ3n) is 4.44. The lowest BCUT2D eigenvalue weighted by molar-refractivity contribution is 0.0931. The van der Waals surface area contributed by atoms with Crippen LogP contribution in [-0.2, 0) is 0 Å². The van der Waals surface area contributed by atoms with Crippen molar-refractivity contribution in [3.63, 3.8) is 0 Å². The molecule has 0 aliphatic carbocycles. The predicted molar refractivity (Wildman–Crippen MR) is 91.0 cm³/mol. The molecule has 0 unspecified atom stereocenters. The van der Waals surface area contributed by atoms with E-state index in [4.69, 9.17) is 5.26 Å². The van der Waals surface area contributed by atoms with Crippen LogP contribution in [0.1, 0.15) is 34.6 Å². The van der Waals surface area contributed by atoms with Crippen LogP contribution >= 0.6 is 23.1 Å². The van der Waals surface area contributed by atoms with Gasteiger partial charge < -0.3 is 10.6 Å². The molecule has 2 fully saturated rings. The average molecular weight is 357 g/mol. The second-order valence-corrected chi connectivity index (χ2v) is 8.27. The minimum absolute atomic E-state index is 0.0198. The maximum atomic E-state index is 12.4. The fourth-order valence-electron chi connectivity index (χ4n) is 3.31. The number of nitriles is 1. The van der Waals surface area contributed by atoms with E-state index in [1.54, 1.807) is 0 Å². The molecular formula is C16H15N5OS2. The third kappa shape index (κ3) is 3.15. The van der Waals surface area contributed by atoms with Crippen molar-refractivity contribution < 1.29 is 4.79 Å². The largest absolute Gasteiger partial charge is 0.348 e. The van der Waals surface area contributed by atoms with Gasteiger partial charge in [0.1, 0.15) is 6.07 Å². The molecule has 1 aromatic carbocycles. The van der Waals surface area contributed by atoms with Crippen molar-refractivity contribution in [3.05, 3.63) is 34.8 Å². The Morgan fingerprint density at radius 2 is 2.17 bits per heavy atom. The molecular weight excluding hydrogens is 342 g/mol. The second-order valence-electron chi connectivity index (χ2n) is 5.97. The quantitative estimate of drug-likeness (QED) is 0.872. The van der Waals surface area contributed by atoms with Gasteiger partial charge in [0.15, 0.2) is 4.34 Å². The van der Waals surface area contributed by atoms with Gasteiger partial charge in [-0.05, 0) is 43.5 Å². The van der Waals surface area contributed by atoms with Gasteiger partial charge >= 0.3 is 0 Å². The first-order valence-corrected chi connectivity index (χ1v) is 9.43. The number of hydrogen-bond acceptors (Lipinski definition) is 7. The van der Waals surface area contributed by atoms with E-state index in [0.29, 0.717) is 22.7 Å². The molecule has 2 aliphatic heterocycles. The van der Waals surface area contributed by atoms with Gasteiger partial charge in [0.05, 0.1) is 0 Å². The number of nitrogens with zero attached hydrogens (tertiary/aromatic N) is 3. The molecule has 8 heteroatoms. The highest BCUT2D eigenvalue weighted by Gasteiger charge is 2.39. The van der Waals surface area contributed by atoms with Crippen molar-refractivity contribution in [1.29, 1.82) is 5.26 Å². The van der Waals surface area contributed by atoms with Gasteiger partial charge in [-0.2, -0.15) is 5.26 Å². The van der Waals surface area contributed by atoms with Gasteiger partial charge in [-0.15, -0.1) is 10.2 Å². The molecule has 0 radical (unpaired) electrons. The lowest BCUT2D eigenvalue weighted by Crippen LogP contribution is -2.42. The highest BCUT2D eigenvalue weighted by Crippen LogP contribution is 2.30. The summed E-state index contributed by atoms with van der Waals surface area (Å²) in [5.74, 6) is -0.0198. The Bertz CT molecular complexity index is 798. The number of amides is 1. The van der Waals surface area contributed by atoms with E-state index in [9.17, 15) is 4.79 Å². The fraction of sp³-hybridized carbons (Fsp3) is 0.375. The highest BCUT2D eigenvalue weighted by atomic mass is 32.2. The van der Waals surface area contributed by atoms with Crippen molar-refractivity contribution in [1.82, 2.24) is 20.8 Å². The summed E-state index contributed by atoms with van der Waals surface area (Å²) in [5.41, 5.74) is 0.664. The molecule has 4 rings (SSSR count). The highest BCUT2D eigenvalue weighted by molar-refractivity contribution is 8.01. The Labute approximate surface area is 147 Å². The molecule has 0 saturated carbocycles. The van der Waals surface area contributed by atoms with Crippen LogP contribution in [-0.4, -0.2) is 34.2 Å². The summed E-state index contributed by atoms with van der Waals surface area (Å²) < 4.78 is 0.719. The molecule has 3 heterocycles. The normalized spacial score (nSPS) is 24.7. The summed E-state index contributed by atoms with van der Waals surface area (Å²) >= 11 is 2.70. The zero-order valence-corrected chi connectivity index (χ0v) is 14.4. The van der Waals surface area contributed by atoms with Crippen LogP contribution in [0.2, 0.25) is 0 Å². The lowest BCUT2D eigenvalue weighted by Gasteiger charge is -2.21. The number of fused-ring (bicyclic) bond motifs is 2. The van der Waals surface area contributed by atoms with E-state index >= 15 is 0 Å². The molecule has 2 N–H and O–H groups in total. The number of rotatable bonds is 4. The van der Waals surface area contributed by atoms with Crippen LogP contribution in [0.3, 0.4) is 0 Å². The van der Waals surface area contributed by atoms with Crippen molar-refractivity contribution in [2.24, 2.45) is 0 Å². The van der Waals surface area contributed by atoms with E-state index in [1.165, 1.54) is 29.5 Å². The molecule has 6 nitrogen and oxygen atoms in total. The maximum Gasteiger partial charge on any atom is 0.251 e. The molecule has 1 aromatic heterocycles. The van der Waals surface area contributed by atoms with E-state index < -0.39 is 0 Å². The molecule has 3 atom stereocenters. The molecule has 2 bridgehead atoms. The summed E-state index contributed by atoms with van der Waals surface area (Å²) in [4.78, 5) is 13.4. The Morgan fingerprint density at radius 1 is 1.33 bits per heavy atom. The second kappa shape index (κ2) is 6.51. The minimum atomic E-state index is -0.0198. The molecule has 1 amide bonds. The number of benzene rings is 1. The van der Waals surface area contributed by atoms with Gasteiger partial charge in [0.2, 0.25) is 5.01 Å². The van der Waals surface area contributed by atoms with E-state index in [1.807, 2.05) is 30.3 Å². The van der Waals surface area contributed by atoms with E-state index in [0.717, 1.165) is 22.1 Å². The van der Waals surface area contributed by atoms with Gasteiger partial charge in [0.25, 0.3) is 5.91 Å². The number of carbonyl (C=O) groups excluding carboxylic acids is 1. The zero-order chi connectivity index (χ0) is 16.5. The van der Waals surface area contributed by atoms with Crippen LogP contribution < -0.4 is 10.6 Å². The van der Waals surface area contributed by atoms with Crippen LogP contribution in [0.25, 0.3) is 0 Å². The molecule has 0 spiro atoms. The lowest BCUT2D eigenvalue weighted by atomic mass is 9.95. The summed E-state index contributed by atoms with van der Waals surface area (Å²) in [5, 5.41) is 23.5. The molecule has 122 valence electrons. The first kappa shape index (κ1) is 15.6. The first-order valence-electron chi connectivity index (χ1n) is 7.80. The predicted octanol–water partition coefficient (Wildman–Crippen LogP) is 2.18. The van der Waals surface area contributed by atoms with Gasteiger partial charge in [-0.3, -0.25) is 4.79 Å². The molecule has 2 aliphatic rings. The standard InChI is InChI=1S/C16H15N5OS2/c17-8-14-20-21-16(24-14)23-11-4-1-9(2-5-11)15(22)19-13-7-10-3-6-12(13)18-10/h1-2,4-5,10,12-13,18H,3,6-7H2,(H,19,22)/t10-,12+,13-/m1/s1. The molecule has 24 heavy (non-hydrogen) atoms. The first-order chi connectivity index (χ1) is 11.7. The fourth-order valence-corrected chi connectivity index (χ4v) is 4.93. The third-order valence-corrected chi connectivity index (χ3v) is 6.33. The summed E-state index contributed by atoms with van der Waals surface area (Å²) in [7, 11) is 0. The van der Waals surface area contributed by atoms with E-state index in [2.05, 4.69) is 20.8 Å². The van der Waals surface area contributed by atoms with E-state index in [-0.39, 0.29) is 11.9 Å². The number of hydrogen-bond donors (Lipinski definition) is 2. The number of nitrogens with one attached hydrogen (secondary N) is 2. The topological polar surface area (TPSA) is 90.7 Å². The smallest absolute Gasteiger partial charge is 0.251 e. The summed E-state index contributed by atoms with van der Waals surface area (Å²) in [6, 6.07) is 10.7. The van der Waals surface area contributed by atoms with Crippen LogP contribution in [0, 0.1) is 11.3 Å². The van der Waals surface area contributed by atoms with Crippen LogP contribution in [0.5, 0.6) is 0 Å². The number of carbonyl (C=O) groups is 1. The van der Waals surface area contributed by atoms with Crippen molar-refractivity contribution in [2.75, 3.05) is 0 Å². The Morgan fingerprint density at radius 3 is 2.79 bits per heavy atom. The van der Waals surface area contributed by atoms with Crippen LogP contribution in [0.15, 0.2) is 33.5 Å². The SMILES string of the molecule is N#Cc1nnc(Sc2ccc(C(=O)N[C@@H]3C[C@H]4CC[C@@H]3N4)cc2)s1. The zero-order valence-electron chi connectivity index (χ0n) is 12.7. The van der Waals surface area contributed by atoms with Crippen molar-refractivity contribution >= 4 is 29.0 Å². The Kier molecular flexibility index (Phi) is 4.22. The summed E-state index contributed by atoms with van der Waals surface area (Å²) in [6.07, 6.45) is 3.41. The van der Waals surface area contributed by atoms with Crippen LogP contribution in [0.4, 0.5) is 0 Å². The monoisotopic (exact) mass is 357 g/mol. The minimum Gasteiger partial charge on any atom is -0.348 e.